The number of rotatable bonds is 6. The first-order valence-electron chi connectivity index (χ1n) is 4.74. The Morgan fingerprint density at radius 1 is 1.54 bits per heavy atom. The number of hydroxylamine groups is 1. The van der Waals surface area contributed by atoms with Crippen LogP contribution < -0.4 is 5.48 Å². The van der Waals surface area contributed by atoms with Gasteiger partial charge in [0.1, 0.15) is 10.5 Å². The fourth-order valence-electron chi connectivity index (χ4n) is 0.794. The van der Waals surface area contributed by atoms with E-state index in [2.05, 4.69) is 18.5 Å². The SMILES string of the molecule is CCC=C(C)NOC(C)(CC)O[SiH3]. The van der Waals surface area contributed by atoms with Crippen molar-refractivity contribution >= 4 is 10.5 Å². The number of hydrogen-bond acceptors (Lipinski definition) is 3. The van der Waals surface area contributed by atoms with E-state index in [9.17, 15) is 0 Å². The molecule has 1 atom stereocenters. The fourth-order valence-corrected chi connectivity index (χ4v) is 1.17. The highest BCUT2D eigenvalue weighted by Crippen LogP contribution is 2.13. The predicted molar refractivity (Wildman–Crippen MR) is 58.0 cm³/mol. The third-order valence-corrected chi connectivity index (χ3v) is 2.88. The Kier molecular flexibility index (Phi) is 6.03. The minimum atomic E-state index is -0.477. The molecular weight excluding hydrogens is 182 g/mol. The molecule has 0 amide bonds. The molecule has 0 heterocycles. The molecule has 0 spiro atoms. The zero-order valence-electron chi connectivity index (χ0n) is 9.31. The average Bonchev–Trinajstić information content (AvgIpc) is 2.15. The van der Waals surface area contributed by atoms with Crippen LogP contribution in [0.4, 0.5) is 0 Å². The van der Waals surface area contributed by atoms with Gasteiger partial charge in [-0.2, -0.15) is 0 Å². The van der Waals surface area contributed by atoms with Crippen LogP contribution in [0.15, 0.2) is 11.8 Å². The Bertz CT molecular complexity index is 167. The smallest absolute Gasteiger partial charge is 0.180 e. The summed E-state index contributed by atoms with van der Waals surface area (Å²) in [6.07, 6.45) is 3.92. The molecule has 0 aromatic rings. The van der Waals surface area contributed by atoms with E-state index in [1.165, 1.54) is 0 Å². The lowest BCUT2D eigenvalue weighted by Gasteiger charge is -2.27. The van der Waals surface area contributed by atoms with Crippen LogP contribution in [0.3, 0.4) is 0 Å². The first-order valence-corrected chi connectivity index (χ1v) is 5.55. The summed E-state index contributed by atoms with van der Waals surface area (Å²) in [5.74, 6) is -0.477. The van der Waals surface area contributed by atoms with Gasteiger partial charge in [0.2, 0.25) is 0 Å². The molecule has 1 N–H and O–H groups in total. The van der Waals surface area contributed by atoms with Gasteiger partial charge in [0, 0.05) is 5.70 Å². The molecule has 0 bridgehead atoms. The Labute approximate surface area is 84.0 Å². The van der Waals surface area contributed by atoms with Crippen molar-refractivity contribution in [2.24, 2.45) is 0 Å². The summed E-state index contributed by atoms with van der Waals surface area (Å²) in [4.78, 5) is 5.44. The third kappa shape index (κ3) is 5.08. The molecule has 0 aliphatic carbocycles. The maximum absolute atomic E-state index is 5.44. The molecule has 0 saturated carbocycles. The summed E-state index contributed by atoms with van der Waals surface area (Å²) in [7, 11) is 0.684. The van der Waals surface area contributed by atoms with Gasteiger partial charge in [-0.05, 0) is 26.7 Å². The highest BCUT2D eigenvalue weighted by molar-refractivity contribution is 5.98. The molecule has 1 unspecified atom stereocenters. The van der Waals surface area contributed by atoms with Crippen molar-refractivity contribution in [2.45, 2.75) is 46.3 Å². The third-order valence-electron chi connectivity index (χ3n) is 2.01. The van der Waals surface area contributed by atoms with E-state index < -0.39 is 5.79 Å². The number of allylic oxidation sites excluding steroid dienone is 2. The van der Waals surface area contributed by atoms with Crippen LogP contribution in [0.1, 0.15) is 40.5 Å². The summed E-state index contributed by atoms with van der Waals surface area (Å²) < 4.78 is 5.34. The second-order valence-electron chi connectivity index (χ2n) is 3.19. The fraction of sp³-hybridized carbons (Fsp3) is 0.778. The van der Waals surface area contributed by atoms with Crippen LogP contribution in [-0.2, 0) is 9.26 Å². The van der Waals surface area contributed by atoms with E-state index in [0.717, 1.165) is 18.5 Å². The molecule has 0 fully saturated rings. The van der Waals surface area contributed by atoms with Crippen LogP contribution in [0.2, 0.25) is 0 Å². The zero-order chi connectivity index (χ0) is 10.3. The molecule has 0 aliphatic rings. The van der Waals surface area contributed by atoms with Gasteiger partial charge < -0.3 is 4.43 Å². The van der Waals surface area contributed by atoms with Crippen molar-refractivity contribution in [3.63, 3.8) is 0 Å². The van der Waals surface area contributed by atoms with E-state index in [1.807, 2.05) is 20.8 Å². The van der Waals surface area contributed by atoms with E-state index in [4.69, 9.17) is 9.26 Å². The molecule has 78 valence electrons. The normalized spacial score (nSPS) is 17.1. The second kappa shape index (κ2) is 6.18. The van der Waals surface area contributed by atoms with Crippen molar-refractivity contribution in [1.82, 2.24) is 5.48 Å². The highest BCUT2D eigenvalue weighted by Gasteiger charge is 2.21. The summed E-state index contributed by atoms with van der Waals surface area (Å²) in [6.45, 7) is 8.05. The molecule has 0 rings (SSSR count). The average molecular weight is 203 g/mol. The summed E-state index contributed by atoms with van der Waals surface area (Å²) in [5, 5.41) is 0. The molecule has 0 aliphatic heterocycles. The molecule has 0 aromatic carbocycles. The maximum atomic E-state index is 5.44. The molecule has 3 nitrogen and oxygen atoms in total. The molecule has 13 heavy (non-hydrogen) atoms. The zero-order valence-corrected chi connectivity index (χ0v) is 11.3. The van der Waals surface area contributed by atoms with Crippen LogP contribution in [0, 0.1) is 0 Å². The first kappa shape index (κ1) is 12.7. The molecule has 4 heteroatoms. The second-order valence-corrected chi connectivity index (χ2v) is 3.60. The summed E-state index contributed by atoms with van der Waals surface area (Å²) in [5.41, 5.74) is 3.91. The van der Waals surface area contributed by atoms with Crippen molar-refractivity contribution < 1.29 is 9.26 Å². The van der Waals surface area contributed by atoms with Crippen LogP contribution in [-0.4, -0.2) is 16.3 Å². The minimum absolute atomic E-state index is 0.477. The Morgan fingerprint density at radius 3 is 2.54 bits per heavy atom. The lowest BCUT2D eigenvalue weighted by atomic mass is 10.2. The molecule has 0 radical (unpaired) electrons. The van der Waals surface area contributed by atoms with Gasteiger partial charge in [0.25, 0.3) is 0 Å². The Morgan fingerprint density at radius 2 is 2.15 bits per heavy atom. The van der Waals surface area contributed by atoms with Crippen LogP contribution in [0.5, 0.6) is 0 Å². The minimum Gasteiger partial charge on any atom is -0.400 e. The monoisotopic (exact) mass is 203 g/mol. The molecular formula is C9H21NO2Si. The van der Waals surface area contributed by atoms with Crippen molar-refractivity contribution in [3.8, 4) is 0 Å². The van der Waals surface area contributed by atoms with Crippen LogP contribution in [0.25, 0.3) is 0 Å². The van der Waals surface area contributed by atoms with E-state index in [0.29, 0.717) is 10.5 Å². The van der Waals surface area contributed by atoms with E-state index in [-0.39, 0.29) is 0 Å². The topological polar surface area (TPSA) is 30.5 Å². The van der Waals surface area contributed by atoms with Gasteiger partial charge in [-0.15, -0.1) is 0 Å². The molecule has 0 saturated heterocycles. The quantitative estimate of drug-likeness (QED) is 0.400. The standard InChI is InChI=1S/C9H21NO2Si/c1-5-7-8(3)10-11-9(4,6-2)12-13/h7,10H,5-6H2,1-4,13H3. The van der Waals surface area contributed by atoms with Gasteiger partial charge in [-0.25, -0.2) is 4.84 Å². The Balaban J connectivity index is 3.92. The van der Waals surface area contributed by atoms with Crippen molar-refractivity contribution in [3.05, 3.63) is 11.8 Å². The van der Waals surface area contributed by atoms with E-state index in [1.54, 1.807) is 0 Å². The largest absolute Gasteiger partial charge is 0.400 e. The maximum Gasteiger partial charge on any atom is 0.180 e. The summed E-state index contributed by atoms with van der Waals surface area (Å²) >= 11 is 0. The van der Waals surface area contributed by atoms with E-state index >= 15 is 0 Å². The van der Waals surface area contributed by atoms with Gasteiger partial charge in [-0.3, -0.25) is 5.48 Å². The number of hydrogen-bond donors (Lipinski definition) is 1. The summed E-state index contributed by atoms with van der Waals surface area (Å²) in [6, 6.07) is 0. The lowest BCUT2D eigenvalue weighted by molar-refractivity contribution is -0.202. The first-order chi connectivity index (χ1) is 6.08. The van der Waals surface area contributed by atoms with Crippen molar-refractivity contribution in [2.75, 3.05) is 0 Å². The van der Waals surface area contributed by atoms with Gasteiger partial charge >= 0.3 is 0 Å². The highest BCUT2D eigenvalue weighted by atomic mass is 28.2. The number of nitrogens with one attached hydrogen (secondary N) is 1. The predicted octanol–water partition coefficient (Wildman–Crippen LogP) is 1.24. The van der Waals surface area contributed by atoms with Gasteiger partial charge in [-0.1, -0.05) is 19.9 Å². The lowest BCUT2D eigenvalue weighted by Crippen LogP contribution is -2.36. The van der Waals surface area contributed by atoms with Gasteiger partial charge in [0.05, 0.1) is 0 Å². The van der Waals surface area contributed by atoms with Crippen molar-refractivity contribution in [1.29, 1.82) is 0 Å². The van der Waals surface area contributed by atoms with Crippen LogP contribution >= 0.6 is 0 Å². The Hall–Kier alpha value is -0.323. The van der Waals surface area contributed by atoms with Gasteiger partial charge in [0.15, 0.2) is 5.79 Å². The molecule has 0 aromatic heterocycles.